The number of nitro groups is 6. The van der Waals surface area contributed by atoms with Crippen LogP contribution in [0.4, 0.5) is 34.1 Å². The number of ether oxygens (including phenoxy) is 3. The Hall–Kier alpha value is -10.2. The van der Waals surface area contributed by atoms with Crippen LogP contribution in [0.2, 0.25) is 0 Å². The van der Waals surface area contributed by atoms with E-state index in [2.05, 4.69) is 0 Å². The number of phenols is 1. The average molecular weight is 1200 g/mol. The second-order valence-corrected chi connectivity index (χ2v) is 26.2. The zero-order valence-electron chi connectivity index (χ0n) is 50.7. The highest BCUT2D eigenvalue weighted by Crippen LogP contribution is 2.45. The predicted molar refractivity (Wildman–Crippen MR) is 326 cm³/mol. The number of aromatic hydroxyl groups is 1. The summed E-state index contributed by atoms with van der Waals surface area (Å²) in [5.41, 5.74) is 0.0416. The molecule has 8 bridgehead atoms. The van der Waals surface area contributed by atoms with Crippen LogP contribution >= 0.6 is 0 Å². The number of esters is 1. The highest BCUT2D eigenvalue weighted by Gasteiger charge is 2.32. The van der Waals surface area contributed by atoms with Gasteiger partial charge < -0.3 is 19.3 Å². The molecule has 458 valence electrons. The number of carbonyl (C=O) groups is 1. The van der Waals surface area contributed by atoms with Crippen molar-refractivity contribution in [1.82, 2.24) is 0 Å². The van der Waals surface area contributed by atoms with Crippen molar-refractivity contribution in [3.63, 3.8) is 0 Å². The molecule has 8 rings (SSSR count). The minimum Gasteiger partial charge on any atom is -0.507 e. The minimum atomic E-state index is -1.21. The standard InChI is InChI=1S/C65H66N6O17/c1-62(2,3)47-21-38-17-40-23-48(63(4,5)6)25-42(58(40)86-34-36-13-51(66(74)75)31-52(14-36)67(76)77)19-44-27-50(65(10,11)12)28-45(60(44)88-61(73)46-29-55(70(82)83)33-56(30-46)71(84)85)20-43-26-49(64(7,8)9)24-41(18-39(22-47)57(38)72)59(43)87-35-37-15-53(68(78)79)32-54(16-37)69(80)81/h13-16,21-33,72H,17-20,34-35H2,1-12H3. The quantitative estimate of drug-likeness (QED) is 0.0457. The number of non-ortho nitro benzene ring substituents is 6. The molecule has 1 N–H and O–H groups in total. The van der Waals surface area contributed by atoms with Crippen molar-refractivity contribution >= 4 is 40.1 Å². The minimum absolute atomic E-state index is 0.0208. The third-order valence-corrected chi connectivity index (χ3v) is 15.3. The fourth-order valence-corrected chi connectivity index (χ4v) is 10.4. The van der Waals surface area contributed by atoms with Gasteiger partial charge in [-0.05, 0) is 77.3 Å². The fourth-order valence-electron chi connectivity index (χ4n) is 10.4. The van der Waals surface area contributed by atoms with E-state index in [-0.39, 0.29) is 59.8 Å². The summed E-state index contributed by atoms with van der Waals surface area (Å²) in [7, 11) is 0. The van der Waals surface area contributed by atoms with E-state index in [1.54, 1.807) is 0 Å². The highest BCUT2D eigenvalue weighted by atomic mass is 16.6. The van der Waals surface area contributed by atoms with E-state index in [9.17, 15) is 70.6 Å². The lowest BCUT2D eigenvalue weighted by Crippen LogP contribution is -2.18. The molecule has 0 atom stereocenters. The molecular weight excluding hydrogens is 1140 g/mol. The van der Waals surface area contributed by atoms with Gasteiger partial charge in [0.15, 0.2) is 0 Å². The molecule has 0 fully saturated rings. The van der Waals surface area contributed by atoms with Gasteiger partial charge in [0.25, 0.3) is 34.1 Å². The first-order valence-corrected chi connectivity index (χ1v) is 28.0. The summed E-state index contributed by atoms with van der Waals surface area (Å²) in [6, 6.07) is 23.8. The summed E-state index contributed by atoms with van der Waals surface area (Å²) in [6.07, 6.45) is -0.325. The first-order chi connectivity index (χ1) is 40.8. The monoisotopic (exact) mass is 1200 g/mol. The zero-order chi connectivity index (χ0) is 64.9. The van der Waals surface area contributed by atoms with Crippen LogP contribution in [0, 0.1) is 60.7 Å². The smallest absolute Gasteiger partial charge is 0.344 e. The molecule has 0 spiro atoms. The largest absolute Gasteiger partial charge is 0.507 e. The van der Waals surface area contributed by atoms with Gasteiger partial charge in [-0.2, -0.15) is 0 Å². The van der Waals surface area contributed by atoms with E-state index in [0.29, 0.717) is 56.1 Å². The zero-order valence-corrected chi connectivity index (χ0v) is 50.7. The number of nitrogens with zero attached hydrogens (tertiary/aromatic N) is 6. The van der Waals surface area contributed by atoms with Crippen molar-refractivity contribution in [3.8, 4) is 23.0 Å². The van der Waals surface area contributed by atoms with E-state index in [0.717, 1.165) is 41.0 Å². The Balaban J connectivity index is 1.51. The van der Waals surface area contributed by atoms with Crippen LogP contribution in [0.25, 0.3) is 0 Å². The third kappa shape index (κ3) is 14.4. The van der Waals surface area contributed by atoms with Crippen molar-refractivity contribution in [2.75, 3.05) is 0 Å². The molecule has 0 saturated heterocycles. The Kier molecular flexibility index (Phi) is 17.4. The number of phenolic OH excluding ortho intramolecular Hbond substituents is 1. The first-order valence-electron chi connectivity index (χ1n) is 28.0. The van der Waals surface area contributed by atoms with E-state index >= 15 is 0 Å². The molecule has 0 aliphatic heterocycles. The van der Waals surface area contributed by atoms with Crippen molar-refractivity contribution in [2.24, 2.45) is 0 Å². The van der Waals surface area contributed by atoms with E-state index in [1.165, 1.54) is 24.3 Å². The highest BCUT2D eigenvalue weighted by molar-refractivity contribution is 5.93. The number of carbonyl (C=O) groups excluding carboxylic acids is 1. The molecule has 0 saturated carbocycles. The molecule has 0 amide bonds. The summed E-state index contributed by atoms with van der Waals surface area (Å²) >= 11 is 0. The Morgan fingerprint density at radius 3 is 0.841 bits per heavy atom. The molecule has 23 nitrogen and oxygen atoms in total. The Morgan fingerprint density at radius 1 is 0.364 bits per heavy atom. The average Bonchev–Trinajstić information content (AvgIpc) is 0.858. The van der Waals surface area contributed by atoms with Crippen LogP contribution in [0.3, 0.4) is 0 Å². The molecule has 23 heteroatoms. The lowest BCUT2D eigenvalue weighted by molar-refractivity contribution is -0.394. The molecule has 0 heterocycles. The van der Waals surface area contributed by atoms with Gasteiger partial charge in [-0.25, -0.2) is 4.79 Å². The number of rotatable bonds is 14. The van der Waals surface area contributed by atoms with Gasteiger partial charge in [0.05, 0.1) is 53.3 Å². The number of hydrogen-bond acceptors (Lipinski definition) is 17. The number of fused-ring (bicyclic) bond motifs is 8. The maximum atomic E-state index is 14.9. The Labute approximate surface area is 505 Å². The molecular formula is C65H66N6O17. The van der Waals surface area contributed by atoms with Crippen LogP contribution in [0.1, 0.15) is 171 Å². The summed E-state index contributed by atoms with van der Waals surface area (Å²) < 4.78 is 20.2. The molecule has 1 aliphatic rings. The predicted octanol–water partition coefficient (Wildman–Crippen LogP) is 15.1. The van der Waals surface area contributed by atoms with Gasteiger partial charge in [-0.3, -0.25) is 60.7 Å². The molecule has 0 unspecified atom stereocenters. The molecule has 88 heavy (non-hydrogen) atoms. The molecule has 1 aliphatic carbocycles. The summed E-state index contributed by atoms with van der Waals surface area (Å²) in [6.45, 7) is 23.0. The van der Waals surface area contributed by atoms with E-state index in [4.69, 9.17) is 14.2 Å². The summed E-state index contributed by atoms with van der Waals surface area (Å²) in [5, 5.41) is 85.9. The topological polar surface area (TPSA) is 324 Å². The normalized spacial score (nSPS) is 12.6. The first kappa shape index (κ1) is 63.8. The van der Waals surface area contributed by atoms with Gasteiger partial charge >= 0.3 is 5.97 Å². The Morgan fingerprint density at radius 2 is 0.591 bits per heavy atom. The van der Waals surface area contributed by atoms with Crippen molar-refractivity contribution in [2.45, 2.75) is 144 Å². The molecule has 0 aromatic heterocycles. The maximum Gasteiger partial charge on any atom is 0.344 e. The lowest BCUT2D eigenvalue weighted by atomic mass is 9.79. The summed E-state index contributed by atoms with van der Waals surface area (Å²) in [5.74, 6) is -0.966. The van der Waals surface area contributed by atoms with Gasteiger partial charge in [0, 0.05) is 84.3 Å². The SMILES string of the molecule is CC(C)(C)c1cc2c(O)c(c1)Cc1cc(C(C)(C)C)cc(c1OCc1cc([N+](=O)[O-])cc([N+](=O)[O-])c1)Cc1cc(C(C)(C)C)cc(c1OC(=O)c1cc([N+](=O)[O-])cc([N+](=O)[O-])c1)Cc1cc(C(C)(C)C)cc(c1OCc1cc([N+](=O)[O-])cc([N+](=O)[O-])c1)C2. The third-order valence-electron chi connectivity index (χ3n) is 15.3. The summed E-state index contributed by atoms with van der Waals surface area (Å²) in [4.78, 5) is 83.2. The number of benzene rings is 7. The van der Waals surface area contributed by atoms with Crippen molar-refractivity contribution < 1.29 is 53.7 Å². The van der Waals surface area contributed by atoms with E-state index in [1.807, 2.05) is 132 Å². The van der Waals surface area contributed by atoms with Crippen molar-refractivity contribution in [3.05, 3.63) is 247 Å². The van der Waals surface area contributed by atoms with Gasteiger partial charge in [-0.15, -0.1) is 0 Å². The Bertz CT molecular complexity index is 3780. The molecule has 0 radical (unpaired) electrons. The second kappa shape index (κ2) is 23.9. The molecule has 7 aromatic rings. The van der Waals surface area contributed by atoms with Gasteiger partial charge in [0.1, 0.15) is 36.2 Å². The second-order valence-electron chi connectivity index (χ2n) is 26.2. The fraction of sp³-hybridized carbons (Fsp3) is 0.338. The number of nitro benzene ring substituents is 6. The van der Waals surface area contributed by atoms with E-state index < -0.39 is 110 Å². The van der Waals surface area contributed by atoms with Crippen LogP contribution in [-0.4, -0.2) is 40.6 Å². The van der Waals surface area contributed by atoms with Crippen LogP contribution in [0.15, 0.2) is 103 Å². The van der Waals surface area contributed by atoms with Crippen LogP contribution in [-0.2, 0) is 60.6 Å². The van der Waals surface area contributed by atoms with Crippen molar-refractivity contribution in [1.29, 1.82) is 0 Å². The number of hydrogen-bond donors (Lipinski definition) is 1. The van der Waals surface area contributed by atoms with Gasteiger partial charge in [0.2, 0.25) is 0 Å². The molecule has 7 aromatic carbocycles. The van der Waals surface area contributed by atoms with Crippen LogP contribution in [0.5, 0.6) is 23.0 Å². The van der Waals surface area contributed by atoms with Gasteiger partial charge in [-0.1, -0.05) is 132 Å². The maximum absolute atomic E-state index is 14.9. The van der Waals surface area contributed by atoms with Crippen LogP contribution < -0.4 is 14.2 Å². The lowest BCUT2D eigenvalue weighted by Gasteiger charge is -2.28.